The fourth-order valence-electron chi connectivity index (χ4n) is 1.48. The van der Waals surface area contributed by atoms with Gasteiger partial charge in [-0.3, -0.25) is 0 Å². The number of hydrogen-bond acceptors (Lipinski definition) is 5. The van der Waals surface area contributed by atoms with Gasteiger partial charge in [0.1, 0.15) is 8.24 Å². The average molecular weight is 423 g/mol. The maximum absolute atomic E-state index is 12.7. The molecule has 0 atom stereocenters. The summed E-state index contributed by atoms with van der Waals surface area (Å²) in [5.74, 6) is 0. The van der Waals surface area contributed by atoms with Crippen molar-refractivity contribution in [2.24, 2.45) is 0 Å². The minimum Gasteiger partial charge on any atom is -0.411 e. The van der Waals surface area contributed by atoms with E-state index in [1.807, 2.05) is 13.1 Å². The minimum absolute atomic E-state index is 0.0778. The van der Waals surface area contributed by atoms with Gasteiger partial charge < -0.3 is 4.43 Å². The van der Waals surface area contributed by atoms with Gasteiger partial charge in [0.15, 0.2) is 8.32 Å². The summed E-state index contributed by atoms with van der Waals surface area (Å²) in [6, 6.07) is 0. The first kappa shape index (κ1) is 23.0. The lowest BCUT2D eigenvalue weighted by molar-refractivity contribution is 0.272. The first-order valence-corrected chi connectivity index (χ1v) is 16.8. The van der Waals surface area contributed by atoms with E-state index in [0.29, 0.717) is 12.3 Å². The Morgan fingerprint density at radius 1 is 1.08 bits per heavy atom. The van der Waals surface area contributed by atoms with Gasteiger partial charge in [0.25, 0.3) is 10.0 Å². The third-order valence-corrected chi connectivity index (χ3v) is 18.9. The highest BCUT2D eigenvalue weighted by atomic mass is 32.2. The Kier molecular flexibility index (Phi) is 6.58. The molecule has 1 aromatic rings. The van der Waals surface area contributed by atoms with Gasteiger partial charge in [-0.05, 0) is 23.2 Å². The van der Waals surface area contributed by atoms with Crippen molar-refractivity contribution >= 4 is 37.9 Å². The molecule has 0 amide bonds. The van der Waals surface area contributed by atoms with Gasteiger partial charge in [-0.25, -0.2) is 17.8 Å². The van der Waals surface area contributed by atoms with E-state index in [0.717, 1.165) is 11.3 Å². The number of rotatable bonds is 6. The van der Waals surface area contributed by atoms with Crippen molar-refractivity contribution in [2.45, 2.75) is 88.8 Å². The van der Waals surface area contributed by atoms with Gasteiger partial charge in [-0.15, -0.1) is 11.3 Å². The molecule has 25 heavy (non-hydrogen) atoms. The average Bonchev–Trinajstić information content (AvgIpc) is 2.81. The van der Waals surface area contributed by atoms with Gasteiger partial charge in [-0.2, -0.15) is 0 Å². The van der Waals surface area contributed by atoms with Crippen LogP contribution in [0, 0.1) is 0 Å². The zero-order valence-corrected chi connectivity index (χ0v) is 20.9. The Bertz CT molecular complexity index is 700. The van der Waals surface area contributed by atoms with Gasteiger partial charge in [0.05, 0.1) is 12.3 Å². The second-order valence-electron chi connectivity index (χ2n) is 9.63. The van der Waals surface area contributed by atoms with Gasteiger partial charge in [-0.1, -0.05) is 54.6 Å². The molecule has 146 valence electrons. The summed E-state index contributed by atoms with van der Waals surface area (Å²) in [5.41, 5.74) is 0.686. The maximum atomic E-state index is 12.7. The number of nitrogens with one attached hydrogen (secondary N) is 1. The van der Waals surface area contributed by atoms with Gasteiger partial charge in [0.2, 0.25) is 4.34 Å². The SMILES string of the molecule is CC(C)(C)[Si](C)(C)NS(=O)(=O)c1nc(CO[Si](C)(C)C(C)(C)C)cs1. The molecule has 0 aliphatic carbocycles. The quantitative estimate of drug-likeness (QED) is 0.659. The van der Waals surface area contributed by atoms with E-state index in [1.165, 1.54) is 0 Å². The molecule has 0 aliphatic rings. The predicted molar refractivity (Wildman–Crippen MR) is 112 cm³/mol. The highest BCUT2D eigenvalue weighted by Crippen LogP contribution is 2.37. The Hall–Kier alpha value is -0.0662. The molecule has 5 nitrogen and oxygen atoms in total. The molecule has 0 spiro atoms. The normalized spacial score (nSPS) is 14.8. The van der Waals surface area contributed by atoms with Crippen LogP contribution in [0.15, 0.2) is 9.72 Å². The van der Waals surface area contributed by atoms with E-state index in [2.05, 4.69) is 64.0 Å². The van der Waals surface area contributed by atoms with Crippen molar-refractivity contribution in [1.82, 2.24) is 9.37 Å². The van der Waals surface area contributed by atoms with Crippen molar-refractivity contribution in [3.05, 3.63) is 11.1 Å². The third kappa shape index (κ3) is 5.70. The van der Waals surface area contributed by atoms with Crippen LogP contribution in [-0.2, 0) is 21.1 Å². The molecule has 1 heterocycles. The molecule has 0 saturated carbocycles. The zero-order chi connectivity index (χ0) is 19.9. The van der Waals surface area contributed by atoms with Crippen LogP contribution >= 0.6 is 11.3 Å². The summed E-state index contributed by atoms with van der Waals surface area (Å²) in [5, 5.41) is 1.82. The summed E-state index contributed by atoms with van der Waals surface area (Å²) < 4.78 is 34.6. The second kappa shape index (κ2) is 7.16. The molecule has 1 N–H and O–H groups in total. The van der Waals surface area contributed by atoms with Crippen molar-refractivity contribution in [3.8, 4) is 0 Å². The first-order chi connectivity index (χ1) is 10.9. The molecule has 0 aromatic carbocycles. The lowest BCUT2D eigenvalue weighted by Gasteiger charge is -2.36. The highest BCUT2D eigenvalue weighted by molar-refractivity contribution is 7.92. The number of aromatic nitrogens is 1. The van der Waals surface area contributed by atoms with Crippen LogP contribution in [0.4, 0.5) is 0 Å². The van der Waals surface area contributed by atoms with E-state index < -0.39 is 26.6 Å². The summed E-state index contributed by atoms with van der Waals surface area (Å²) in [4.78, 5) is 4.32. The van der Waals surface area contributed by atoms with Crippen LogP contribution in [0.3, 0.4) is 0 Å². The fraction of sp³-hybridized carbons (Fsp3) is 0.812. The Morgan fingerprint density at radius 2 is 1.60 bits per heavy atom. The molecule has 0 aliphatic heterocycles. The monoisotopic (exact) mass is 422 g/mol. The van der Waals surface area contributed by atoms with Crippen LogP contribution in [0.25, 0.3) is 0 Å². The Balaban J connectivity index is 2.91. The molecule has 9 heteroatoms. The topological polar surface area (TPSA) is 68.3 Å². The van der Waals surface area contributed by atoms with Crippen LogP contribution in [-0.4, -0.2) is 30.0 Å². The molecule has 0 fully saturated rings. The smallest absolute Gasteiger partial charge is 0.261 e. The standard InChI is InChI=1S/C16H34N2O3S2Si2/c1-15(2,3)24(7,8)18-23(19,20)14-17-13(12-22-14)11-21-25(9,10)16(4,5)6/h12,18H,11H2,1-10H3. The second-order valence-corrected chi connectivity index (χ2v) is 22.5. The molecule has 1 aromatic heterocycles. The van der Waals surface area contributed by atoms with E-state index in [4.69, 9.17) is 4.43 Å². The highest BCUT2D eigenvalue weighted by Gasteiger charge is 2.40. The van der Waals surface area contributed by atoms with E-state index in [-0.39, 0.29) is 14.4 Å². The molecule has 0 radical (unpaired) electrons. The number of nitrogens with zero attached hydrogens (tertiary/aromatic N) is 1. The van der Waals surface area contributed by atoms with Crippen LogP contribution in [0.2, 0.25) is 36.3 Å². The predicted octanol–water partition coefficient (Wildman–Crippen LogP) is 4.95. The largest absolute Gasteiger partial charge is 0.411 e. The van der Waals surface area contributed by atoms with Crippen LogP contribution in [0.1, 0.15) is 47.2 Å². The maximum Gasteiger partial charge on any atom is 0.261 e. The van der Waals surface area contributed by atoms with Crippen LogP contribution in [0.5, 0.6) is 0 Å². The molecule has 1 rings (SSSR count). The molecule has 0 bridgehead atoms. The van der Waals surface area contributed by atoms with E-state index in [1.54, 1.807) is 5.38 Å². The van der Waals surface area contributed by atoms with Crippen molar-refractivity contribution in [2.75, 3.05) is 0 Å². The summed E-state index contributed by atoms with van der Waals surface area (Å²) >= 11 is 1.16. The Morgan fingerprint density at radius 3 is 2.04 bits per heavy atom. The minimum atomic E-state index is -3.59. The molecular weight excluding hydrogens is 388 g/mol. The van der Waals surface area contributed by atoms with Gasteiger partial charge >= 0.3 is 0 Å². The van der Waals surface area contributed by atoms with Crippen molar-refractivity contribution in [3.63, 3.8) is 0 Å². The summed E-state index contributed by atoms with van der Waals surface area (Å²) in [6.07, 6.45) is 0. The van der Waals surface area contributed by atoms with E-state index >= 15 is 0 Å². The first-order valence-electron chi connectivity index (χ1n) is 8.51. The summed E-state index contributed by atoms with van der Waals surface area (Å²) in [6.45, 7) is 21.5. The molecule has 0 saturated heterocycles. The number of thiazole rings is 1. The third-order valence-electron chi connectivity index (χ3n) is 5.41. The molecule has 0 unspecified atom stereocenters. The van der Waals surface area contributed by atoms with Crippen molar-refractivity contribution in [1.29, 1.82) is 0 Å². The number of sulfonamides is 1. The van der Waals surface area contributed by atoms with E-state index in [9.17, 15) is 8.42 Å². The van der Waals surface area contributed by atoms with Crippen molar-refractivity contribution < 1.29 is 12.8 Å². The fourth-order valence-corrected chi connectivity index (χ4v) is 8.48. The summed E-state index contributed by atoms with van der Waals surface area (Å²) in [7, 11) is -7.65. The lowest BCUT2D eigenvalue weighted by Crippen LogP contribution is -2.54. The molecular formula is C16H34N2O3S2Si2. The van der Waals surface area contributed by atoms with Crippen LogP contribution < -0.4 is 4.39 Å². The van der Waals surface area contributed by atoms with Gasteiger partial charge in [0, 0.05) is 5.38 Å². The Labute approximate surface area is 159 Å². The lowest BCUT2D eigenvalue weighted by atomic mass is 10.2. The zero-order valence-electron chi connectivity index (χ0n) is 17.3. The number of hydrogen-bond donors (Lipinski definition) is 1.